The highest BCUT2D eigenvalue weighted by molar-refractivity contribution is 5.45. The average Bonchev–Trinajstić information content (AvgIpc) is 2.87. The summed E-state index contributed by atoms with van der Waals surface area (Å²) in [7, 11) is 2.17. The largest absolute Gasteiger partial charge is 0.359 e. The molecule has 0 radical (unpaired) electrons. The fraction of sp³-hybridized carbons (Fsp3) is 0.750. The Kier molecular flexibility index (Phi) is 4.97. The molecule has 4 nitrogen and oxygen atoms in total. The van der Waals surface area contributed by atoms with Crippen LogP contribution in [0.25, 0.3) is 0 Å². The molecule has 0 N–H and O–H groups in total. The molecule has 1 aromatic rings. The maximum absolute atomic E-state index is 4.64. The average molecular weight is 276 g/mol. The molecule has 20 heavy (non-hydrogen) atoms. The molecule has 2 heterocycles. The molecule has 0 aromatic carbocycles. The Labute approximate surface area is 123 Å². The van der Waals surface area contributed by atoms with E-state index in [0.29, 0.717) is 6.04 Å². The van der Waals surface area contributed by atoms with Crippen LogP contribution in [0.3, 0.4) is 0 Å². The molecule has 2 rings (SSSR count). The maximum Gasteiger partial charge on any atom is 0.135 e. The molecule has 0 unspecified atom stereocenters. The molecular formula is C16H28N4. The predicted octanol–water partition coefficient (Wildman–Crippen LogP) is 2.51. The van der Waals surface area contributed by atoms with E-state index in [4.69, 9.17) is 0 Å². The minimum Gasteiger partial charge on any atom is -0.359 e. The van der Waals surface area contributed by atoms with Crippen molar-refractivity contribution in [3.05, 3.63) is 17.6 Å². The summed E-state index contributed by atoms with van der Waals surface area (Å²) in [5.74, 6) is 2.73. The van der Waals surface area contributed by atoms with Gasteiger partial charge in [0.15, 0.2) is 0 Å². The second kappa shape index (κ2) is 6.53. The van der Waals surface area contributed by atoms with E-state index in [1.807, 2.05) is 13.1 Å². The molecule has 112 valence electrons. The first-order chi connectivity index (χ1) is 9.51. The summed E-state index contributed by atoms with van der Waals surface area (Å²) < 4.78 is 0. The number of aromatic nitrogens is 2. The lowest BCUT2D eigenvalue weighted by molar-refractivity contribution is 0.265. The summed E-state index contributed by atoms with van der Waals surface area (Å²) in [6.45, 7) is 12.2. The summed E-state index contributed by atoms with van der Waals surface area (Å²) in [6, 6.07) is 0.665. The van der Waals surface area contributed by atoms with E-state index in [9.17, 15) is 0 Å². The first kappa shape index (κ1) is 15.2. The van der Waals surface area contributed by atoms with Crippen molar-refractivity contribution in [2.75, 3.05) is 31.6 Å². The zero-order valence-corrected chi connectivity index (χ0v) is 13.6. The molecule has 1 aliphatic heterocycles. The van der Waals surface area contributed by atoms with Crippen molar-refractivity contribution in [2.24, 2.45) is 5.92 Å². The summed E-state index contributed by atoms with van der Waals surface area (Å²) in [5, 5.41) is 0. The van der Waals surface area contributed by atoms with Gasteiger partial charge in [0.05, 0.1) is 0 Å². The Balaban J connectivity index is 2.02. The lowest BCUT2D eigenvalue weighted by Crippen LogP contribution is -2.32. The molecule has 1 fully saturated rings. The van der Waals surface area contributed by atoms with Crippen LogP contribution in [0, 0.1) is 12.8 Å². The van der Waals surface area contributed by atoms with E-state index in [1.165, 1.54) is 25.1 Å². The summed E-state index contributed by atoms with van der Waals surface area (Å²) in [5.41, 5.74) is 1.25. The molecule has 0 spiro atoms. The van der Waals surface area contributed by atoms with Crippen molar-refractivity contribution in [1.29, 1.82) is 0 Å². The zero-order chi connectivity index (χ0) is 14.7. The van der Waals surface area contributed by atoms with Crippen LogP contribution >= 0.6 is 0 Å². The quantitative estimate of drug-likeness (QED) is 0.827. The van der Waals surface area contributed by atoms with Crippen LogP contribution in [0.5, 0.6) is 0 Å². The van der Waals surface area contributed by atoms with Gasteiger partial charge in [0.2, 0.25) is 0 Å². The van der Waals surface area contributed by atoms with E-state index in [0.717, 1.165) is 30.5 Å². The van der Waals surface area contributed by atoms with Gasteiger partial charge in [-0.2, -0.15) is 0 Å². The number of anilines is 1. The second-order valence-corrected chi connectivity index (χ2v) is 6.24. The minimum atomic E-state index is 0.665. The molecular weight excluding hydrogens is 248 g/mol. The van der Waals surface area contributed by atoms with Crippen LogP contribution < -0.4 is 4.90 Å². The number of hydrogen-bond donors (Lipinski definition) is 0. The van der Waals surface area contributed by atoms with E-state index in [-0.39, 0.29) is 0 Å². The Bertz CT molecular complexity index is 444. The van der Waals surface area contributed by atoms with E-state index >= 15 is 0 Å². The van der Waals surface area contributed by atoms with Crippen molar-refractivity contribution in [3.63, 3.8) is 0 Å². The van der Waals surface area contributed by atoms with E-state index < -0.39 is 0 Å². The first-order valence-electron chi connectivity index (χ1n) is 7.79. The molecule has 1 aliphatic rings. The third-order valence-electron chi connectivity index (χ3n) is 4.28. The molecule has 4 heteroatoms. The van der Waals surface area contributed by atoms with Crippen LogP contribution in [-0.2, 0) is 6.42 Å². The van der Waals surface area contributed by atoms with E-state index in [1.54, 1.807) is 0 Å². The highest BCUT2D eigenvalue weighted by Gasteiger charge is 2.25. The fourth-order valence-corrected chi connectivity index (χ4v) is 3.02. The molecule has 1 atom stereocenters. The lowest BCUT2D eigenvalue weighted by Gasteiger charge is -2.25. The van der Waals surface area contributed by atoms with Crippen LogP contribution in [0.4, 0.5) is 5.82 Å². The van der Waals surface area contributed by atoms with Crippen LogP contribution in [-0.4, -0.2) is 47.6 Å². The highest BCUT2D eigenvalue weighted by Crippen LogP contribution is 2.23. The topological polar surface area (TPSA) is 32.3 Å². The van der Waals surface area contributed by atoms with Crippen molar-refractivity contribution in [1.82, 2.24) is 14.9 Å². The Morgan fingerprint density at radius 2 is 2.20 bits per heavy atom. The normalized spacial score (nSPS) is 19.8. The zero-order valence-electron chi connectivity index (χ0n) is 13.6. The number of rotatable bonds is 5. The minimum absolute atomic E-state index is 0.665. The van der Waals surface area contributed by atoms with Gasteiger partial charge in [-0.3, -0.25) is 0 Å². The lowest BCUT2D eigenvalue weighted by atomic mass is 10.1. The van der Waals surface area contributed by atoms with E-state index in [2.05, 4.69) is 47.6 Å². The van der Waals surface area contributed by atoms with Gasteiger partial charge in [0, 0.05) is 37.9 Å². The molecule has 0 saturated carbocycles. The maximum atomic E-state index is 4.64. The monoisotopic (exact) mass is 276 g/mol. The van der Waals surface area contributed by atoms with Gasteiger partial charge in [-0.15, -0.1) is 0 Å². The number of hydrogen-bond acceptors (Lipinski definition) is 4. The smallest absolute Gasteiger partial charge is 0.135 e. The van der Waals surface area contributed by atoms with Gasteiger partial charge < -0.3 is 9.80 Å². The molecule has 0 bridgehead atoms. The summed E-state index contributed by atoms with van der Waals surface area (Å²) in [6.07, 6.45) is 4.26. The Morgan fingerprint density at radius 1 is 1.45 bits per heavy atom. The molecule has 1 saturated heterocycles. The van der Waals surface area contributed by atoms with Gasteiger partial charge in [-0.1, -0.05) is 6.92 Å². The number of nitrogens with zero attached hydrogens (tertiary/aromatic N) is 4. The molecule has 1 aromatic heterocycles. The SMILES string of the molecule is CCc1cnc(C)nc1N(C)C[C@@H]1CCN(C(C)C)C1. The standard InChI is InChI=1S/C16H28N4/c1-6-15-9-17-13(4)18-16(15)19(5)10-14-7-8-20(11-14)12(2)3/h9,12,14H,6-8,10-11H2,1-5H3/t14-/m0/s1. The first-order valence-corrected chi connectivity index (χ1v) is 7.79. The van der Waals surface area contributed by atoms with Crippen LogP contribution in [0.15, 0.2) is 6.20 Å². The fourth-order valence-electron chi connectivity index (χ4n) is 3.02. The van der Waals surface area contributed by atoms with Gasteiger partial charge in [0.25, 0.3) is 0 Å². The van der Waals surface area contributed by atoms with Crippen molar-refractivity contribution < 1.29 is 0 Å². The van der Waals surface area contributed by atoms with Crippen molar-refractivity contribution in [3.8, 4) is 0 Å². The van der Waals surface area contributed by atoms with Gasteiger partial charge in [0.1, 0.15) is 11.6 Å². The Morgan fingerprint density at radius 3 is 2.80 bits per heavy atom. The van der Waals surface area contributed by atoms with Crippen LogP contribution in [0.1, 0.15) is 38.6 Å². The van der Waals surface area contributed by atoms with Gasteiger partial charge in [-0.25, -0.2) is 9.97 Å². The van der Waals surface area contributed by atoms with Gasteiger partial charge in [-0.05, 0) is 46.1 Å². The summed E-state index contributed by atoms with van der Waals surface area (Å²) >= 11 is 0. The molecule has 0 amide bonds. The third kappa shape index (κ3) is 3.48. The number of likely N-dealkylation sites (tertiary alicyclic amines) is 1. The van der Waals surface area contributed by atoms with Crippen molar-refractivity contribution >= 4 is 5.82 Å². The predicted molar refractivity (Wildman–Crippen MR) is 84.2 cm³/mol. The van der Waals surface area contributed by atoms with Gasteiger partial charge >= 0.3 is 0 Å². The van der Waals surface area contributed by atoms with Crippen molar-refractivity contribution in [2.45, 2.75) is 46.6 Å². The highest BCUT2D eigenvalue weighted by atomic mass is 15.2. The third-order valence-corrected chi connectivity index (χ3v) is 4.28. The molecule has 0 aliphatic carbocycles. The second-order valence-electron chi connectivity index (χ2n) is 6.24. The number of aryl methyl sites for hydroxylation is 2. The van der Waals surface area contributed by atoms with Crippen LogP contribution in [0.2, 0.25) is 0 Å². The Hall–Kier alpha value is -1.16. The summed E-state index contributed by atoms with van der Waals surface area (Å²) in [4.78, 5) is 13.9.